The Balaban J connectivity index is 1.72. The Kier molecular flexibility index (Phi) is 10.6. The molecule has 3 N–H and O–H groups in total. The highest BCUT2D eigenvalue weighted by atomic mass is 31.2. The van der Waals surface area contributed by atoms with E-state index in [1.54, 1.807) is 6.92 Å². The lowest BCUT2D eigenvalue weighted by Gasteiger charge is -2.27. The van der Waals surface area contributed by atoms with Gasteiger partial charge in [-0.1, -0.05) is 18.2 Å². The van der Waals surface area contributed by atoms with Crippen molar-refractivity contribution in [3.63, 3.8) is 0 Å². The number of hydrogen-bond donors (Lipinski definition) is 3. The molecule has 2 aromatic heterocycles. The van der Waals surface area contributed by atoms with Crippen molar-refractivity contribution in [3.05, 3.63) is 65.7 Å². The van der Waals surface area contributed by atoms with Crippen LogP contribution in [0.5, 0.6) is 11.6 Å². The van der Waals surface area contributed by atoms with Crippen LogP contribution in [0.3, 0.4) is 0 Å². The molecular formula is C30H33F4N4O7P. The van der Waals surface area contributed by atoms with Crippen LogP contribution in [0.15, 0.2) is 48.8 Å². The van der Waals surface area contributed by atoms with Gasteiger partial charge in [0.05, 0.1) is 30.3 Å². The summed E-state index contributed by atoms with van der Waals surface area (Å²) in [5.74, 6) is -2.74. The molecule has 2 atom stereocenters. The molecule has 1 unspecified atom stereocenters. The number of fused-ring (bicyclic) bond motifs is 2. The van der Waals surface area contributed by atoms with Crippen LogP contribution >= 0.6 is 7.52 Å². The number of pyridine rings is 1. The fourth-order valence-corrected chi connectivity index (χ4v) is 6.83. The van der Waals surface area contributed by atoms with Gasteiger partial charge in [0.1, 0.15) is 17.4 Å². The first-order valence-corrected chi connectivity index (χ1v) is 16.1. The Bertz CT molecular complexity index is 1780. The fourth-order valence-electron chi connectivity index (χ4n) is 4.94. The van der Waals surface area contributed by atoms with Gasteiger partial charge >= 0.3 is 12.1 Å². The molecule has 11 nitrogen and oxygen atoms in total. The van der Waals surface area contributed by atoms with Gasteiger partial charge in [-0.05, 0) is 44.5 Å². The number of nitrogens with zero attached hydrogens (tertiary/aromatic N) is 3. The maximum Gasteiger partial charge on any atom is 0.412 e. The summed E-state index contributed by atoms with van der Waals surface area (Å²) in [6.07, 6.45) is -2.59. The highest BCUT2D eigenvalue weighted by molar-refractivity contribution is 7.57. The number of aromatic hydroxyl groups is 2. The molecule has 0 bridgehead atoms. The van der Waals surface area contributed by atoms with Crippen LogP contribution in [-0.2, 0) is 25.2 Å². The van der Waals surface area contributed by atoms with Crippen LogP contribution < -0.4 is 5.09 Å². The Labute approximate surface area is 261 Å². The van der Waals surface area contributed by atoms with E-state index >= 15 is 0 Å². The molecule has 0 fully saturated rings. The second-order valence-corrected chi connectivity index (χ2v) is 12.7. The van der Waals surface area contributed by atoms with Crippen molar-refractivity contribution < 1.29 is 51.2 Å². The molecular weight excluding hydrogens is 635 g/mol. The molecule has 0 aliphatic heterocycles. The molecule has 0 saturated carbocycles. The third-order valence-electron chi connectivity index (χ3n) is 7.14. The summed E-state index contributed by atoms with van der Waals surface area (Å²) in [6, 6.07) is 7.32. The van der Waals surface area contributed by atoms with Gasteiger partial charge in [0.25, 0.3) is 13.4 Å². The number of amides is 1. The number of benzene rings is 2. The smallest absolute Gasteiger partial charge is 0.412 e. The van der Waals surface area contributed by atoms with Gasteiger partial charge in [0.15, 0.2) is 12.4 Å². The van der Waals surface area contributed by atoms with E-state index in [9.17, 15) is 41.9 Å². The molecule has 0 spiro atoms. The Morgan fingerprint density at radius 1 is 1.13 bits per heavy atom. The largest absolute Gasteiger partial charge is 0.505 e. The normalized spacial score (nSPS) is 13.9. The van der Waals surface area contributed by atoms with Gasteiger partial charge < -0.3 is 28.9 Å². The van der Waals surface area contributed by atoms with Gasteiger partial charge in [-0.3, -0.25) is 19.1 Å². The molecule has 4 aromatic rings. The number of hydrogen-bond acceptors (Lipinski definition) is 8. The molecule has 0 radical (unpaired) electrons. The van der Waals surface area contributed by atoms with Crippen LogP contribution in [0.2, 0.25) is 0 Å². The number of phenolic OH excluding ortho intramolecular Hbond substituents is 1. The Hall–Kier alpha value is -4.20. The number of ether oxygens (including phenoxy) is 1. The average molecular weight is 669 g/mol. The monoisotopic (exact) mass is 668 g/mol. The molecule has 46 heavy (non-hydrogen) atoms. The van der Waals surface area contributed by atoms with E-state index in [0.29, 0.717) is 5.56 Å². The second-order valence-electron chi connectivity index (χ2n) is 10.4. The first-order chi connectivity index (χ1) is 21.7. The zero-order chi connectivity index (χ0) is 33.8. The van der Waals surface area contributed by atoms with E-state index in [-0.39, 0.29) is 65.1 Å². The van der Waals surface area contributed by atoms with Crippen LogP contribution in [0.4, 0.5) is 17.6 Å². The van der Waals surface area contributed by atoms with Crippen LogP contribution in [0.25, 0.3) is 21.7 Å². The Morgan fingerprint density at radius 3 is 2.46 bits per heavy atom. The lowest BCUT2D eigenvalue weighted by Crippen LogP contribution is -2.38. The Morgan fingerprint density at radius 2 is 1.83 bits per heavy atom. The summed E-state index contributed by atoms with van der Waals surface area (Å²) < 4.78 is 77.2. The van der Waals surface area contributed by atoms with E-state index in [1.807, 2.05) is 0 Å². The quantitative estimate of drug-likeness (QED) is 0.0948. The van der Waals surface area contributed by atoms with Gasteiger partial charge in [-0.15, -0.1) is 0 Å². The molecule has 1 amide bonds. The summed E-state index contributed by atoms with van der Waals surface area (Å²) in [5, 5.41) is 24.9. The molecule has 0 aliphatic rings. The molecule has 248 valence electrons. The lowest BCUT2D eigenvalue weighted by molar-refractivity contribution is -0.153. The van der Waals surface area contributed by atoms with Gasteiger partial charge in [0.2, 0.25) is 5.88 Å². The van der Waals surface area contributed by atoms with Gasteiger partial charge in [-0.25, -0.2) is 9.48 Å². The number of alkyl halides is 3. The van der Waals surface area contributed by atoms with E-state index in [2.05, 4.69) is 10.1 Å². The van der Waals surface area contributed by atoms with Gasteiger partial charge in [-0.2, -0.15) is 13.2 Å². The zero-order valence-corrected chi connectivity index (χ0v) is 26.1. The van der Waals surface area contributed by atoms with Crippen molar-refractivity contribution in [3.8, 4) is 11.6 Å². The maximum atomic E-state index is 14.2. The minimum absolute atomic E-state index is 0.00773. The molecule has 2 aromatic carbocycles. The minimum Gasteiger partial charge on any atom is -0.505 e. The van der Waals surface area contributed by atoms with Crippen molar-refractivity contribution >= 4 is 41.1 Å². The fraction of sp³-hybridized carbons (Fsp3) is 0.367. The first-order valence-electron chi connectivity index (χ1n) is 14.3. The number of phenols is 1. The second kappa shape index (κ2) is 14.1. The molecule has 0 saturated heterocycles. The van der Waals surface area contributed by atoms with Crippen molar-refractivity contribution in [2.45, 2.75) is 39.5 Å². The standard InChI is InChI=1S/C30H33F4N4O7P/c1-4-37(13-14-46(43,45-17-30(32,33)34)36-18(3)29(42)44-5-2)27(40)23-21-7-6-12-35-25(21)26(39)24-22(23)16-38(28(24)41)15-19-8-10-20(31)11-9-19/h6-12,16,18,39,41H,4-5,13-15,17H2,1-3H3,(H,36,43)/t18-,46?/m0/s1. The summed E-state index contributed by atoms with van der Waals surface area (Å²) in [5.41, 5.74) is 0.638. The number of nitrogens with one attached hydrogen (secondary N) is 1. The molecule has 0 aliphatic carbocycles. The van der Waals surface area contributed by atoms with Gasteiger partial charge in [0, 0.05) is 36.3 Å². The first kappa shape index (κ1) is 34.7. The van der Waals surface area contributed by atoms with E-state index in [1.165, 1.54) is 72.1 Å². The summed E-state index contributed by atoms with van der Waals surface area (Å²) in [4.78, 5) is 31.7. The summed E-state index contributed by atoms with van der Waals surface area (Å²) in [7, 11) is -4.39. The van der Waals surface area contributed by atoms with E-state index < -0.39 is 50.2 Å². The maximum absolute atomic E-state index is 14.2. The highest BCUT2D eigenvalue weighted by Gasteiger charge is 2.37. The van der Waals surface area contributed by atoms with Crippen LogP contribution in [-0.4, -0.2) is 81.2 Å². The molecule has 4 rings (SSSR count). The number of esters is 1. The number of aromatic nitrogens is 2. The summed E-state index contributed by atoms with van der Waals surface area (Å²) >= 11 is 0. The SMILES string of the molecule is CCOC(=O)[C@H](C)NP(=O)(CCN(CC)C(=O)c1c2cccnc2c(O)c2c(O)n(Cc3ccc(F)cc3)cc12)OCC(F)(F)F. The van der Waals surface area contributed by atoms with Crippen molar-refractivity contribution in [2.24, 2.45) is 0 Å². The van der Waals surface area contributed by atoms with Crippen molar-refractivity contribution in [1.29, 1.82) is 0 Å². The predicted molar refractivity (Wildman–Crippen MR) is 161 cm³/mol. The third kappa shape index (κ3) is 7.77. The van der Waals surface area contributed by atoms with E-state index in [4.69, 9.17) is 9.26 Å². The lowest BCUT2D eigenvalue weighted by atomic mass is 10.00. The molecule has 2 heterocycles. The number of carbonyl (C=O) groups excluding carboxylic acids is 2. The number of rotatable bonds is 13. The van der Waals surface area contributed by atoms with E-state index in [0.717, 1.165) is 0 Å². The summed E-state index contributed by atoms with van der Waals surface area (Å²) in [6.45, 7) is 2.23. The average Bonchev–Trinajstić information content (AvgIpc) is 3.32. The molecule has 16 heteroatoms. The van der Waals surface area contributed by atoms with Crippen LogP contribution in [0, 0.1) is 5.82 Å². The highest BCUT2D eigenvalue weighted by Crippen LogP contribution is 2.45. The third-order valence-corrected chi connectivity index (χ3v) is 9.25. The van der Waals surface area contributed by atoms with Crippen LogP contribution in [0.1, 0.15) is 36.7 Å². The van der Waals surface area contributed by atoms with Crippen molar-refractivity contribution in [1.82, 2.24) is 19.5 Å². The number of halogens is 4. The van der Waals surface area contributed by atoms with Crippen molar-refractivity contribution in [2.75, 3.05) is 32.5 Å². The zero-order valence-electron chi connectivity index (χ0n) is 25.2. The minimum atomic E-state index is -4.82. The predicted octanol–water partition coefficient (Wildman–Crippen LogP) is 5.56. The topological polar surface area (TPSA) is 143 Å². The number of carbonyl (C=O) groups is 2.